The molecule has 0 fully saturated rings. The molecule has 1 aromatic carbocycles. The number of furan rings is 1. The van der Waals surface area contributed by atoms with Crippen LogP contribution in [0.4, 0.5) is 0 Å². The van der Waals surface area contributed by atoms with Gasteiger partial charge in [-0.2, -0.15) is 0 Å². The van der Waals surface area contributed by atoms with Gasteiger partial charge in [0.1, 0.15) is 5.76 Å². The van der Waals surface area contributed by atoms with Gasteiger partial charge in [-0.15, -0.1) is 0 Å². The van der Waals surface area contributed by atoms with Gasteiger partial charge in [-0.25, -0.2) is 0 Å². The molecule has 2 amide bonds. The number of aryl methyl sites for hydroxylation is 1. The van der Waals surface area contributed by atoms with Crippen molar-refractivity contribution < 1.29 is 14.0 Å². The normalized spacial score (nSPS) is 10.0. The van der Waals surface area contributed by atoms with E-state index in [9.17, 15) is 9.59 Å². The third kappa shape index (κ3) is 2.95. The molecule has 1 heterocycles. The lowest BCUT2D eigenvalue weighted by atomic mass is 10.2. The van der Waals surface area contributed by atoms with E-state index in [1.165, 1.54) is 12.3 Å². The zero-order valence-electron chi connectivity index (χ0n) is 10.1. The number of nitrogens with one attached hydrogen (secondary N) is 2. The van der Waals surface area contributed by atoms with Crippen LogP contribution in [0.1, 0.15) is 26.5 Å². The van der Waals surface area contributed by atoms with Gasteiger partial charge in [0.15, 0.2) is 0 Å². The van der Waals surface area contributed by atoms with Gasteiger partial charge in [0.05, 0.1) is 22.4 Å². The van der Waals surface area contributed by atoms with Gasteiger partial charge in [-0.1, -0.05) is 23.7 Å². The molecule has 0 atom stereocenters. The number of hydrazine groups is 1. The quantitative estimate of drug-likeness (QED) is 0.828. The second-order valence-corrected chi connectivity index (χ2v) is 4.19. The molecule has 0 spiro atoms. The van der Waals surface area contributed by atoms with Crippen molar-refractivity contribution in [3.8, 4) is 0 Å². The maximum atomic E-state index is 11.8. The van der Waals surface area contributed by atoms with Gasteiger partial charge in [-0.05, 0) is 25.1 Å². The van der Waals surface area contributed by atoms with Crippen LogP contribution in [0.3, 0.4) is 0 Å². The molecule has 0 unspecified atom stereocenters. The lowest BCUT2D eigenvalue weighted by Gasteiger charge is -2.07. The summed E-state index contributed by atoms with van der Waals surface area (Å²) in [6.07, 6.45) is 1.40. The van der Waals surface area contributed by atoms with Crippen molar-refractivity contribution in [2.75, 3.05) is 0 Å². The Labute approximate surface area is 114 Å². The molecule has 5 nitrogen and oxygen atoms in total. The molecule has 0 saturated heterocycles. The predicted molar refractivity (Wildman–Crippen MR) is 69.8 cm³/mol. The average molecular weight is 279 g/mol. The minimum absolute atomic E-state index is 0.286. The van der Waals surface area contributed by atoms with Crippen molar-refractivity contribution >= 4 is 23.4 Å². The van der Waals surface area contributed by atoms with Gasteiger partial charge < -0.3 is 4.42 Å². The van der Waals surface area contributed by atoms with Crippen LogP contribution in [-0.4, -0.2) is 11.8 Å². The molecule has 2 N–H and O–H groups in total. The maximum Gasteiger partial charge on any atom is 0.273 e. The highest BCUT2D eigenvalue weighted by Gasteiger charge is 2.14. The standard InChI is InChI=1S/C13H11ClN2O3/c1-8-9(6-7-19-8)12(17)15-16-13(18)10-4-2-3-5-11(10)14/h2-7H,1H3,(H,15,17)(H,16,18). The summed E-state index contributed by atoms with van der Waals surface area (Å²) in [6.45, 7) is 1.66. The Kier molecular flexibility index (Phi) is 3.87. The molecule has 0 radical (unpaired) electrons. The molecule has 0 aliphatic rings. The molecule has 6 heteroatoms. The van der Waals surface area contributed by atoms with Gasteiger partial charge in [0.2, 0.25) is 0 Å². The van der Waals surface area contributed by atoms with E-state index >= 15 is 0 Å². The van der Waals surface area contributed by atoms with Crippen molar-refractivity contribution in [2.24, 2.45) is 0 Å². The largest absolute Gasteiger partial charge is 0.469 e. The molecule has 1 aromatic heterocycles. The van der Waals surface area contributed by atoms with Crippen LogP contribution in [0.5, 0.6) is 0 Å². The number of hydrogen-bond donors (Lipinski definition) is 2. The number of hydrogen-bond acceptors (Lipinski definition) is 3. The van der Waals surface area contributed by atoms with Crippen LogP contribution >= 0.6 is 11.6 Å². The lowest BCUT2D eigenvalue weighted by molar-refractivity contribution is 0.0846. The van der Waals surface area contributed by atoms with Gasteiger partial charge >= 0.3 is 0 Å². The first kappa shape index (κ1) is 13.2. The van der Waals surface area contributed by atoms with E-state index < -0.39 is 11.8 Å². The Morgan fingerprint density at radius 3 is 2.26 bits per heavy atom. The second-order valence-electron chi connectivity index (χ2n) is 3.78. The fourth-order valence-corrected chi connectivity index (χ4v) is 1.74. The highest BCUT2D eigenvalue weighted by molar-refractivity contribution is 6.33. The van der Waals surface area contributed by atoms with Crippen LogP contribution in [0.2, 0.25) is 5.02 Å². The Bertz CT molecular complexity index is 622. The first-order valence-corrected chi connectivity index (χ1v) is 5.86. The third-order valence-electron chi connectivity index (χ3n) is 2.51. The fraction of sp³-hybridized carbons (Fsp3) is 0.0769. The molecule has 0 aliphatic heterocycles. The molecule has 0 aliphatic carbocycles. The Morgan fingerprint density at radius 1 is 1.05 bits per heavy atom. The molecule has 98 valence electrons. The van der Waals surface area contributed by atoms with Crippen LogP contribution in [0.15, 0.2) is 41.0 Å². The summed E-state index contributed by atoms with van der Waals surface area (Å²) in [6, 6.07) is 8.08. The van der Waals surface area contributed by atoms with Crippen molar-refractivity contribution in [3.05, 3.63) is 58.5 Å². The monoisotopic (exact) mass is 278 g/mol. The Balaban J connectivity index is 2.00. The zero-order valence-corrected chi connectivity index (χ0v) is 10.8. The van der Waals surface area contributed by atoms with Crippen molar-refractivity contribution in [1.29, 1.82) is 0 Å². The Hall–Kier alpha value is -2.27. The first-order chi connectivity index (χ1) is 9.09. The molecule has 19 heavy (non-hydrogen) atoms. The summed E-state index contributed by atoms with van der Waals surface area (Å²) in [5, 5.41) is 0.314. The number of rotatable bonds is 2. The summed E-state index contributed by atoms with van der Waals surface area (Å²) in [5.41, 5.74) is 5.23. The lowest BCUT2D eigenvalue weighted by Crippen LogP contribution is -2.41. The van der Waals surface area contributed by atoms with E-state index in [0.29, 0.717) is 16.3 Å². The fourth-order valence-electron chi connectivity index (χ4n) is 1.51. The van der Waals surface area contributed by atoms with Gasteiger partial charge in [0.25, 0.3) is 11.8 Å². The second kappa shape index (κ2) is 5.58. The summed E-state index contributed by atoms with van der Waals surface area (Å²) in [5.74, 6) is -0.462. The van der Waals surface area contributed by atoms with E-state index in [1.807, 2.05) is 0 Å². The van der Waals surface area contributed by atoms with E-state index in [-0.39, 0.29) is 5.56 Å². The number of carbonyl (C=O) groups excluding carboxylic acids is 2. The molecule has 2 rings (SSSR count). The van der Waals surface area contributed by atoms with E-state index in [2.05, 4.69) is 10.9 Å². The van der Waals surface area contributed by atoms with E-state index in [4.69, 9.17) is 16.0 Å². The molecule has 0 saturated carbocycles. The van der Waals surface area contributed by atoms with Crippen molar-refractivity contribution in [3.63, 3.8) is 0 Å². The van der Waals surface area contributed by atoms with E-state index in [1.54, 1.807) is 31.2 Å². The maximum absolute atomic E-state index is 11.8. The Morgan fingerprint density at radius 2 is 1.68 bits per heavy atom. The highest BCUT2D eigenvalue weighted by atomic mass is 35.5. The number of halogens is 1. The zero-order chi connectivity index (χ0) is 13.8. The SMILES string of the molecule is Cc1occc1C(=O)NNC(=O)c1ccccc1Cl. The van der Waals surface area contributed by atoms with Crippen LogP contribution < -0.4 is 10.9 Å². The predicted octanol–water partition coefficient (Wildman–Crippen LogP) is 2.32. The smallest absolute Gasteiger partial charge is 0.273 e. The minimum atomic E-state index is -0.486. The molecular formula is C13H11ClN2O3. The highest BCUT2D eigenvalue weighted by Crippen LogP contribution is 2.14. The molecule has 0 bridgehead atoms. The number of benzene rings is 1. The molecule has 2 aromatic rings. The molecular weight excluding hydrogens is 268 g/mol. The summed E-state index contributed by atoms with van der Waals surface area (Å²) in [7, 11) is 0. The van der Waals surface area contributed by atoms with Crippen molar-refractivity contribution in [1.82, 2.24) is 10.9 Å². The topological polar surface area (TPSA) is 71.3 Å². The summed E-state index contributed by atoms with van der Waals surface area (Å²) >= 11 is 5.87. The van der Waals surface area contributed by atoms with Crippen molar-refractivity contribution in [2.45, 2.75) is 6.92 Å². The average Bonchev–Trinajstić information content (AvgIpc) is 2.82. The summed E-state index contributed by atoms with van der Waals surface area (Å²) < 4.78 is 5.00. The minimum Gasteiger partial charge on any atom is -0.469 e. The van der Waals surface area contributed by atoms with Crippen LogP contribution in [0.25, 0.3) is 0 Å². The number of amides is 2. The van der Waals surface area contributed by atoms with Gasteiger partial charge in [-0.3, -0.25) is 20.4 Å². The number of carbonyl (C=O) groups is 2. The van der Waals surface area contributed by atoms with Gasteiger partial charge in [0, 0.05) is 0 Å². The van der Waals surface area contributed by atoms with Crippen LogP contribution in [-0.2, 0) is 0 Å². The van der Waals surface area contributed by atoms with Crippen LogP contribution in [0, 0.1) is 6.92 Å². The summed E-state index contributed by atoms with van der Waals surface area (Å²) in [4.78, 5) is 23.5. The first-order valence-electron chi connectivity index (χ1n) is 5.49. The third-order valence-corrected chi connectivity index (χ3v) is 2.84. The van der Waals surface area contributed by atoms with E-state index in [0.717, 1.165) is 0 Å².